The van der Waals surface area contributed by atoms with Crippen LogP contribution < -0.4 is 4.74 Å². The molecular formula is C11H11FIN3O5. The van der Waals surface area contributed by atoms with Gasteiger partial charge in [-0.2, -0.15) is 4.39 Å². The molecule has 1 atom stereocenters. The Morgan fingerprint density at radius 3 is 3.00 bits per heavy atom. The van der Waals surface area contributed by atoms with Crippen LogP contribution in [0, 0.1) is 19.6 Å². The number of pyridine rings is 1. The molecule has 1 amide bonds. The molecule has 1 aliphatic rings. The van der Waals surface area contributed by atoms with E-state index in [0.29, 0.717) is 13.0 Å². The van der Waals surface area contributed by atoms with Crippen molar-refractivity contribution in [2.24, 2.45) is 0 Å². The molecule has 1 N–H and O–H groups in total. The van der Waals surface area contributed by atoms with Gasteiger partial charge in [0, 0.05) is 6.54 Å². The van der Waals surface area contributed by atoms with Crippen molar-refractivity contribution in [3.63, 3.8) is 0 Å². The van der Waals surface area contributed by atoms with Gasteiger partial charge >= 0.3 is 17.9 Å². The van der Waals surface area contributed by atoms with Gasteiger partial charge in [-0.25, -0.2) is 4.79 Å². The quantitative estimate of drug-likeness (QED) is 0.353. The first-order chi connectivity index (χ1) is 9.90. The van der Waals surface area contributed by atoms with Crippen LogP contribution in [-0.4, -0.2) is 45.2 Å². The summed E-state index contributed by atoms with van der Waals surface area (Å²) >= 11 is 1.71. The molecule has 0 unspecified atom stereocenters. The second kappa shape index (κ2) is 6.37. The van der Waals surface area contributed by atoms with E-state index in [9.17, 15) is 19.3 Å². The number of hydrogen-bond donors (Lipinski definition) is 1. The summed E-state index contributed by atoms with van der Waals surface area (Å²) in [7, 11) is 0. The first-order valence-corrected chi connectivity index (χ1v) is 7.11. The fourth-order valence-corrected chi connectivity index (χ4v) is 2.78. The van der Waals surface area contributed by atoms with Crippen LogP contribution in [0.15, 0.2) is 6.07 Å². The first-order valence-electron chi connectivity index (χ1n) is 6.03. The zero-order chi connectivity index (χ0) is 15.6. The van der Waals surface area contributed by atoms with Gasteiger partial charge in [0.15, 0.2) is 0 Å². The van der Waals surface area contributed by atoms with E-state index < -0.39 is 22.8 Å². The summed E-state index contributed by atoms with van der Waals surface area (Å²) in [5.74, 6) is -1.87. The number of carboxylic acid groups (broad SMARTS) is 1. The molecule has 2 rings (SSSR count). The topological polar surface area (TPSA) is 106 Å². The van der Waals surface area contributed by atoms with Crippen LogP contribution in [0.1, 0.15) is 12.8 Å². The minimum absolute atomic E-state index is 0.0152. The van der Waals surface area contributed by atoms with Crippen LogP contribution in [0.5, 0.6) is 5.75 Å². The highest BCUT2D eigenvalue weighted by Crippen LogP contribution is 2.28. The summed E-state index contributed by atoms with van der Waals surface area (Å²) in [4.78, 5) is 25.2. The molecule has 1 saturated heterocycles. The van der Waals surface area contributed by atoms with Crippen molar-refractivity contribution in [3.05, 3.63) is 25.7 Å². The second-order valence-electron chi connectivity index (χ2n) is 4.42. The Bertz CT molecular complexity index is 562. The lowest BCUT2D eigenvalue weighted by Gasteiger charge is -2.21. The van der Waals surface area contributed by atoms with E-state index >= 15 is 0 Å². The molecule has 10 heteroatoms. The van der Waals surface area contributed by atoms with E-state index in [-0.39, 0.29) is 22.0 Å². The summed E-state index contributed by atoms with van der Waals surface area (Å²) < 4.78 is 19.2. The van der Waals surface area contributed by atoms with Crippen molar-refractivity contribution in [1.82, 2.24) is 9.88 Å². The summed E-state index contributed by atoms with van der Waals surface area (Å²) in [6.07, 6.45) is 0.307. The molecule has 0 bridgehead atoms. The van der Waals surface area contributed by atoms with Gasteiger partial charge < -0.3 is 24.9 Å². The van der Waals surface area contributed by atoms with Crippen LogP contribution >= 0.6 is 22.6 Å². The normalized spacial score (nSPS) is 17.8. The maximum Gasteiger partial charge on any atom is 0.407 e. The smallest absolute Gasteiger partial charge is 0.407 e. The third-order valence-corrected chi connectivity index (χ3v) is 3.90. The minimum Gasteiger partial charge on any atom is -0.484 e. The molecule has 1 aromatic heterocycles. The van der Waals surface area contributed by atoms with Crippen molar-refractivity contribution >= 4 is 34.5 Å². The highest BCUT2D eigenvalue weighted by atomic mass is 127. The summed E-state index contributed by atoms with van der Waals surface area (Å²) in [5.41, 5.74) is 0. The number of carbonyl (C=O) groups is 1. The monoisotopic (exact) mass is 411 g/mol. The molecule has 2 heterocycles. The number of rotatable bonds is 4. The van der Waals surface area contributed by atoms with E-state index in [2.05, 4.69) is 4.98 Å². The fraction of sp³-hybridized carbons (Fsp3) is 0.455. The summed E-state index contributed by atoms with van der Waals surface area (Å²) in [5, 5.41) is 19.6. The molecule has 1 aliphatic heterocycles. The molecule has 1 fully saturated rings. The Morgan fingerprint density at radius 2 is 2.43 bits per heavy atom. The maximum atomic E-state index is 13.7. The van der Waals surface area contributed by atoms with Gasteiger partial charge in [0.25, 0.3) is 0 Å². The first kappa shape index (κ1) is 15.7. The predicted octanol–water partition coefficient (Wildman–Crippen LogP) is 2.25. The molecule has 0 aromatic carbocycles. The van der Waals surface area contributed by atoms with Crippen LogP contribution in [0.2, 0.25) is 0 Å². The zero-order valence-electron chi connectivity index (χ0n) is 10.7. The van der Waals surface area contributed by atoms with E-state index in [1.54, 1.807) is 22.6 Å². The molecule has 114 valence electrons. The van der Waals surface area contributed by atoms with Crippen molar-refractivity contribution in [2.75, 3.05) is 13.2 Å². The molecule has 0 aliphatic carbocycles. The lowest BCUT2D eigenvalue weighted by atomic mass is 10.2. The lowest BCUT2D eigenvalue weighted by Crippen LogP contribution is -2.38. The average Bonchev–Trinajstić information content (AvgIpc) is 2.86. The van der Waals surface area contributed by atoms with Gasteiger partial charge in [0.2, 0.25) is 5.75 Å². The van der Waals surface area contributed by atoms with E-state index in [0.717, 1.165) is 12.5 Å². The molecule has 0 radical (unpaired) electrons. The molecular weight excluding hydrogens is 400 g/mol. The Hall–Kier alpha value is -1.72. The van der Waals surface area contributed by atoms with Crippen molar-refractivity contribution in [3.8, 4) is 5.75 Å². The third-order valence-electron chi connectivity index (χ3n) is 3.10. The maximum absolute atomic E-state index is 13.7. The lowest BCUT2D eigenvalue weighted by molar-refractivity contribution is -0.390. The van der Waals surface area contributed by atoms with Crippen LogP contribution in [0.25, 0.3) is 0 Å². The number of halogens is 2. The van der Waals surface area contributed by atoms with Crippen LogP contribution in [0.4, 0.5) is 15.0 Å². The Balaban J connectivity index is 2.10. The number of amides is 1. The van der Waals surface area contributed by atoms with Gasteiger partial charge in [-0.1, -0.05) is 0 Å². The predicted molar refractivity (Wildman–Crippen MR) is 76.8 cm³/mol. The van der Waals surface area contributed by atoms with Crippen molar-refractivity contribution in [1.29, 1.82) is 0 Å². The fourth-order valence-electron chi connectivity index (χ4n) is 2.12. The molecule has 0 saturated carbocycles. The van der Waals surface area contributed by atoms with Crippen LogP contribution in [-0.2, 0) is 0 Å². The second-order valence-corrected chi connectivity index (χ2v) is 5.58. The van der Waals surface area contributed by atoms with E-state index in [4.69, 9.17) is 9.84 Å². The summed E-state index contributed by atoms with van der Waals surface area (Å²) in [6, 6.07) is 0.746. The van der Waals surface area contributed by atoms with E-state index in [1.807, 2.05) is 0 Å². The van der Waals surface area contributed by atoms with Crippen LogP contribution in [0.3, 0.4) is 0 Å². The SMILES string of the molecule is O=C(O)N1CCC[C@H]1COc1c(I)cc([N+](=O)[O-])nc1F. The van der Waals surface area contributed by atoms with E-state index in [1.165, 1.54) is 4.90 Å². The summed E-state index contributed by atoms with van der Waals surface area (Å²) in [6.45, 7) is 0.403. The average molecular weight is 411 g/mol. The number of likely N-dealkylation sites (tertiary alicyclic amines) is 1. The number of nitrogens with zero attached hydrogens (tertiary/aromatic N) is 3. The number of nitro groups is 1. The van der Waals surface area contributed by atoms with Gasteiger partial charge in [-0.3, -0.25) is 0 Å². The van der Waals surface area contributed by atoms with Gasteiger partial charge in [0.05, 0.1) is 15.7 Å². The highest BCUT2D eigenvalue weighted by molar-refractivity contribution is 14.1. The standard InChI is InChI=1S/C11H11FIN3O5/c12-10-9(7(13)4-8(14-10)16(19)20)21-5-6-2-1-3-15(6)11(17)18/h4,6H,1-3,5H2,(H,17,18)/t6-/m0/s1. The number of aromatic nitrogens is 1. The number of ether oxygens (including phenoxy) is 1. The Labute approximate surface area is 132 Å². The number of hydrogen-bond acceptors (Lipinski definition) is 5. The highest BCUT2D eigenvalue weighted by Gasteiger charge is 2.30. The molecule has 21 heavy (non-hydrogen) atoms. The Kier molecular flexibility index (Phi) is 4.75. The van der Waals surface area contributed by atoms with Gasteiger partial charge in [-0.15, -0.1) is 0 Å². The third kappa shape index (κ3) is 3.49. The molecule has 8 nitrogen and oxygen atoms in total. The zero-order valence-corrected chi connectivity index (χ0v) is 12.8. The van der Waals surface area contributed by atoms with Crippen molar-refractivity contribution in [2.45, 2.75) is 18.9 Å². The largest absolute Gasteiger partial charge is 0.484 e. The minimum atomic E-state index is -1.08. The van der Waals surface area contributed by atoms with Crippen molar-refractivity contribution < 1.29 is 24.0 Å². The van der Waals surface area contributed by atoms with Gasteiger partial charge in [-0.05, 0) is 45.3 Å². The Morgan fingerprint density at radius 1 is 1.71 bits per heavy atom. The molecule has 0 spiro atoms. The van der Waals surface area contributed by atoms with Gasteiger partial charge in [0.1, 0.15) is 6.61 Å². The molecule has 1 aromatic rings.